The molecule has 0 saturated carbocycles. The number of fused-ring (bicyclic) bond motifs is 1. The number of hydrogen-bond donors (Lipinski definition) is 0. The van der Waals surface area contributed by atoms with Gasteiger partial charge in [-0.25, -0.2) is 0 Å². The van der Waals surface area contributed by atoms with E-state index in [1.807, 2.05) is 0 Å². The van der Waals surface area contributed by atoms with Crippen LogP contribution in [0.15, 0.2) is 24.3 Å². The van der Waals surface area contributed by atoms with E-state index in [1.165, 1.54) is 39.2 Å². The summed E-state index contributed by atoms with van der Waals surface area (Å²) < 4.78 is 6.10. The quantitative estimate of drug-likeness (QED) is 0.789. The normalized spacial score (nSPS) is 19.5. The van der Waals surface area contributed by atoms with Crippen LogP contribution in [0.1, 0.15) is 34.7 Å². The molecule has 2 aromatic carbocycles. The van der Waals surface area contributed by atoms with E-state index in [9.17, 15) is 0 Å². The highest BCUT2D eigenvalue weighted by molar-refractivity contribution is 5.70. The number of aryl methyl sites for hydroxylation is 1. The number of anilines is 2. The maximum Gasteiger partial charge on any atom is 0.126 e. The molecule has 1 fully saturated rings. The summed E-state index contributed by atoms with van der Waals surface area (Å²) in [5.41, 5.74) is 9.68. The van der Waals surface area contributed by atoms with Crippen LogP contribution in [-0.2, 0) is 6.42 Å². The molecule has 3 nitrogen and oxygen atoms in total. The highest BCUT2D eigenvalue weighted by atomic mass is 16.5. The molecule has 0 radical (unpaired) electrons. The Morgan fingerprint density at radius 1 is 0.808 bits per heavy atom. The molecule has 2 aromatic rings. The smallest absolute Gasteiger partial charge is 0.126 e. The lowest BCUT2D eigenvalue weighted by Crippen LogP contribution is -2.47. The van der Waals surface area contributed by atoms with Gasteiger partial charge in [0.1, 0.15) is 11.9 Å². The second-order valence-corrected chi connectivity index (χ2v) is 7.97. The second-order valence-electron chi connectivity index (χ2n) is 7.97. The fourth-order valence-electron chi connectivity index (χ4n) is 4.52. The van der Waals surface area contributed by atoms with Gasteiger partial charge in [0, 0.05) is 49.5 Å². The van der Waals surface area contributed by atoms with Crippen molar-refractivity contribution in [1.29, 1.82) is 0 Å². The van der Waals surface area contributed by atoms with Crippen LogP contribution >= 0.6 is 0 Å². The molecule has 26 heavy (non-hydrogen) atoms. The van der Waals surface area contributed by atoms with Crippen LogP contribution in [0.2, 0.25) is 0 Å². The fourth-order valence-corrected chi connectivity index (χ4v) is 4.52. The topological polar surface area (TPSA) is 15.7 Å². The molecule has 1 atom stereocenters. The number of ether oxygens (including phenoxy) is 1. The van der Waals surface area contributed by atoms with Crippen LogP contribution in [-0.4, -0.2) is 32.3 Å². The molecule has 4 rings (SSSR count). The number of hydrogen-bond acceptors (Lipinski definition) is 3. The van der Waals surface area contributed by atoms with E-state index < -0.39 is 0 Å². The average Bonchev–Trinajstić information content (AvgIpc) is 3.04. The standard InChI is InChI=1S/C23H30N2O/c1-15-6-8-20(9-7-15)24-10-12-25(13-11-24)22-17(3)18(4)23-21(19(22)5)14-16(2)26-23/h6-9,16H,10-14H2,1-5H3. The predicted molar refractivity (Wildman–Crippen MR) is 110 cm³/mol. The van der Waals surface area contributed by atoms with Crippen molar-refractivity contribution in [2.45, 2.75) is 47.1 Å². The lowest BCUT2D eigenvalue weighted by atomic mass is 9.94. The van der Waals surface area contributed by atoms with Crippen LogP contribution < -0.4 is 14.5 Å². The van der Waals surface area contributed by atoms with Crippen molar-refractivity contribution in [2.24, 2.45) is 0 Å². The SMILES string of the molecule is Cc1ccc(N2CCN(c3c(C)c(C)c4c(c3C)CC(C)O4)CC2)cc1. The minimum absolute atomic E-state index is 0.301. The zero-order chi connectivity index (χ0) is 18.4. The molecular formula is C23H30N2O. The zero-order valence-electron chi connectivity index (χ0n) is 16.7. The van der Waals surface area contributed by atoms with E-state index >= 15 is 0 Å². The second kappa shape index (κ2) is 6.53. The van der Waals surface area contributed by atoms with Crippen LogP contribution in [0, 0.1) is 27.7 Å². The molecule has 2 aliphatic rings. The van der Waals surface area contributed by atoms with Crippen molar-refractivity contribution in [2.75, 3.05) is 36.0 Å². The van der Waals surface area contributed by atoms with Crippen LogP contribution in [0.5, 0.6) is 5.75 Å². The van der Waals surface area contributed by atoms with E-state index in [4.69, 9.17) is 4.74 Å². The Morgan fingerprint density at radius 2 is 1.42 bits per heavy atom. The predicted octanol–water partition coefficient (Wildman–Crippen LogP) is 4.57. The highest BCUT2D eigenvalue weighted by Gasteiger charge is 2.29. The minimum atomic E-state index is 0.301. The number of benzene rings is 2. The molecule has 0 aromatic heterocycles. The van der Waals surface area contributed by atoms with E-state index in [2.05, 4.69) is 68.7 Å². The average molecular weight is 351 g/mol. The summed E-state index contributed by atoms with van der Waals surface area (Å²) in [6.45, 7) is 15.4. The van der Waals surface area contributed by atoms with Crippen LogP contribution in [0.3, 0.4) is 0 Å². The van der Waals surface area contributed by atoms with Gasteiger partial charge in [-0.05, 0) is 63.4 Å². The number of piperazine rings is 1. The lowest BCUT2D eigenvalue weighted by molar-refractivity contribution is 0.253. The molecule has 3 heteroatoms. The molecule has 0 N–H and O–H groups in total. The lowest BCUT2D eigenvalue weighted by Gasteiger charge is -2.39. The Labute approximate surface area is 157 Å². The zero-order valence-corrected chi connectivity index (χ0v) is 16.7. The maximum atomic E-state index is 6.10. The van der Waals surface area contributed by atoms with Gasteiger partial charge in [0.25, 0.3) is 0 Å². The Bertz CT molecular complexity index is 817. The third kappa shape index (κ3) is 2.84. The first-order chi connectivity index (χ1) is 12.5. The number of rotatable bonds is 2. The van der Waals surface area contributed by atoms with E-state index in [0.29, 0.717) is 6.10 Å². The number of nitrogens with zero attached hydrogens (tertiary/aromatic N) is 2. The molecule has 1 unspecified atom stereocenters. The van der Waals surface area contributed by atoms with E-state index in [0.717, 1.165) is 38.3 Å². The van der Waals surface area contributed by atoms with Gasteiger partial charge >= 0.3 is 0 Å². The first-order valence-corrected chi connectivity index (χ1v) is 9.81. The molecule has 2 heterocycles. The molecule has 0 aliphatic carbocycles. The van der Waals surface area contributed by atoms with E-state index in [1.54, 1.807) is 0 Å². The van der Waals surface area contributed by atoms with Gasteiger partial charge in [0.05, 0.1) is 0 Å². The van der Waals surface area contributed by atoms with Gasteiger partial charge in [0.2, 0.25) is 0 Å². The van der Waals surface area contributed by atoms with Crippen molar-refractivity contribution in [1.82, 2.24) is 0 Å². The molecule has 0 amide bonds. The van der Waals surface area contributed by atoms with Gasteiger partial charge in [-0.15, -0.1) is 0 Å². The van der Waals surface area contributed by atoms with E-state index in [-0.39, 0.29) is 0 Å². The van der Waals surface area contributed by atoms with Gasteiger partial charge in [-0.3, -0.25) is 0 Å². The summed E-state index contributed by atoms with van der Waals surface area (Å²) in [4.78, 5) is 5.09. The molecule has 1 saturated heterocycles. The Kier molecular flexibility index (Phi) is 4.34. The minimum Gasteiger partial charge on any atom is -0.490 e. The Hall–Kier alpha value is -2.16. The van der Waals surface area contributed by atoms with Gasteiger partial charge < -0.3 is 14.5 Å². The van der Waals surface area contributed by atoms with Crippen molar-refractivity contribution < 1.29 is 4.74 Å². The first-order valence-electron chi connectivity index (χ1n) is 9.81. The summed E-state index contributed by atoms with van der Waals surface area (Å²) in [5, 5.41) is 0. The van der Waals surface area contributed by atoms with Crippen LogP contribution in [0.4, 0.5) is 11.4 Å². The maximum absolute atomic E-state index is 6.10. The largest absolute Gasteiger partial charge is 0.490 e. The summed E-state index contributed by atoms with van der Waals surface area (Å²) in [6, 6.07) is 8.92. The van der Waals surface area contributed by atoms with Gasteiger partial charge in [-0.2, -0.15) is 0 Å². The fraction of sp³-hybridized carbons (Fsp3) is 0.478. The summed E-state index contributed by atoms with van der Waals surface area (Å²) in [6.07, 6.45) is 1.34. The summed E-state index contributed by atoms with van der Waals surface area (Å²) in [5.74, 6) is 1.15. The molecule has 138 valence electrons. The third-order valence-corrected chi connectivity index (χ3v) is 6.15. The monoisotopic (exact) mass is 350 g/mol. The van der Waals surface area contributed by atoms with Gasteiger partial charge in [-0.1, -0.05) is 17.7 Å². The summed E-state index contributed by atoms with van der Waals surface area (Å²) in [7, 11) is 0. The molecule has 0 spiro atoms. The van der Waals surface area contributed by atoms with Crippen molar-refractivity contribution in [3.8, 4) is 5.75 Å². The van der Waals surface area contributed by atoms with Crippen LogP contribution in [0.25, 0.3) is 0 Å². The Balaban J connectivity index is 1.58. The van der Waals surface area contributed by atoms with Crippen molar-refractivity contribution in [3.63, 3.8) is 0 Å². The third-order valence-electron chi connectivity index (χ3n) is 6.15. The molecule has 2 aliphatic heterocycles. The first kappa shape index (κ1) is 17.3. The Morgan fingerprint density at radius 3 is 2.08 bits per heavy atom. The van der Waals surface area contributed by atoms with Crippen molar-refractivity contribution >= 4 is 11.4 Å². The molecular weight excluding hydrogens is 320 g/mol. The van der Waals surface area contributed by atoms with Gasteiger partial charge in [0.15, 0.2) is 0 Å². The van der Waals surface area contributed by atoms with Crippen molar-refractivity contribution in [3.05, 3.63) is 52.1 Å². The summed E-state index contributed by atoms with van der Waals surface area (Å²) >= 11 is 0. The highest BCUT2D eigenvalue weighted by Crippen LogP contribution is 2.42. The molecule has 0 bridgehead atoms.